The molecule has 1 heterocycles. The molecular weight excluding hydrogens is 240 g/mol. The van der Waals surface area contributed by atoms with Crippen LogP contribution in [0, 0.1) is 0 Å². The van der Waals surface area contributed by atoms with E-state index in [4.69, 9.17) is 0 Å². The van der Waals surface area contributed by atoms with Crippen molar-refractivity contribution in [2.75, 3.05) is 0 Å². The molecule has 0 saturated heterocycles. The molecule has 0 radical (unpaired) electrons. The van der Waals surface area contributed by atoms with E-state index in [1.807, 2.05) is 24.3 Å². The average Bonchev–Trinajstić information content (AvgIpc) is 2.42. The summed E-state index contributed by atoms with van der Waals surface area (Å²) in [7, 11) is 0. The van der Waals surface area contributed by atoms with E-state index in [1.54, 1.807) is 0 Å². The van der Waals surface area contributed by atoms with E-state index in [9.17, 15) is 9.90 Å². The Bertz CT molecular complexity index is 575. The molecule has 0 aliphatic heterocycles. The number of benzene rings is 1. The fraction of sp³-hybridized carbons (Fsp3) is 0.333. The molecule has 0 spiro atoms. The Morgan fingerprint density at radius 2 is 2.00 bits per heavy atom. The van der Waals surface area contributed by atoms with Crippen molar-refractivity contribution in [3.8, 4) is 0 Å². The molecule has 0 fully saturated rings. The van der Waals surface area contributed by atoms with Crippen LogP contribution < -0.4 is 5.56 Å². The number of rotatable bonds is 5. The molecule has 0 aliphatic carbocycles. The number of aromatic nitrogens is 2. The number of hydrogen-bond donors (Lipinski definition) is 1. The molecule has 2 aromatic rings. The van der Waals surface area contributed by atoms with Gasteiger partial charge in [0.05, 0.1) is 19.0 Å². The Kier molecular flexibility index (Phi) is 4.47. The SMILES string of the molecule is CCCc1ccc(C(O)Cn2cnccc2=O)cc1. The highest BCUT2D eigenvalue weighted by Gasteiger charge is 2.09. The molecule has 100 valence electrons. The van der Waals surface area contributed by atoms with Gasteiger partial charge in [-0.1, -0.05) is 37.6 Å². The third-order valence-corrected chi connectivity index (χ3v) is 3.07. The summed E-state index contributed by atoms with van der Waals surface area (Å²) < 4.78 is 1.41. The molecule has 1 aromatic heterocycles. The summed E-state index contributed by atoms with van der Waals surface area (Å²) in [4.78, 5) is 15.4. The lowest BCUT2D eigenvalue weighted by Gasteiger charge is -2.13. The monoisotopic (exact) mass is 258 g/mol. The van der Waals surface area contributed by atoms with Gasteiger partial charge in [0.15, 0.2) is 0 Å². The van der Waals surface area contributed by atoms with Crippen molar-refractivity contribution >= 4 is 0 Å². The number of aliphatic hydroxyl groups is 1. The maximum atomic E-state index is 11.5. The first-order valence-electron chi connectivity index (χ1n) is 6.48. The lowest BCUT2D eigenvalue weighted by Crippen LogP contribution is -2.22. The molecule has 1 aromatic carbocycles. The minimum absolute atomic E-state index is 0.156. The molecule has 0 saturated carbocycles. The molecule has 0 bridgehead atoms. The van der Waals surface area contributed by atoms with Crippen LogP contribution in [0.2, 0.25) is 0 Å². The molecule has 2 rings (SSSR count). The van der Waals surface area contributed by atoms with Gasteiger partial charge in [-0.2, -0.15) is 0 Å². The topological polar surface area (TPSA) is 55.1 Å². The Morgan fingerprint density at radius 3 is 2.63 bits per heavy atom. The first-order chi connectivity index (χ1) is 9.20. The van der Waals surface area contributed by atoms with Crippen molar-refractivity contribution in [2.45, 2.75) is 32.4 Å². The van der Waals surface area contributed by atoms with Crippen LogP contribution >= 0.6 is 0 Å². The van der Waals surface area contributed by atoms with Gasteiger partial charge in [-0.3, -0.25) is 9.36 Å². The van der Waals surface area contributed by atoms with Gasteiger partial charge in [0.1, 0.15) is 0 Å². The Balaban J connectivity index is 2.09. The number of aliphatic hydroxyl groups excluding tert-OH is 1. The van der Waals surface area contributed by atoms with Crippen LogP contribution in [0.3, 0.4) is 0 Å². The van der Waals surface area contributed by atoms with Crippen LogP contribution in [0.4, 0.5) is 0 Å². The van der Waals surface area contributed by atoms with Crippen LogP contribution in [-0.4, -0.2) is 14.7 Å². The van der Waals surface area contributed by atoms with Crippen molar-refractivity contribution in [2.24, 2.45) is 0 Å². The minimum atomic E-state index is -0.697. The molecular formula is C15H18N2O2. The van der Waals surface area contributed by atoms with Gasteiger partial charge in [0.25, 0.3) is 5.56 Å². The maximum Gasteiger partial charge on any atom is 0.253 e. The molecule has 19 heavy (non-hydrogen) atoms. The zero-order valence-electron chi connectivity index (χ0n) is 11.0. The summed E-state index contributed by atoms with van der Waals surface area (Å²) in [5, 5.41) is 10.1. The molecule has 1 atom stereocenters. The van der Waals surface area contributed by atoms with Gasteiger partial charge in [-0.05, 0) is 17.5 Å². The lowest BCUT2D eigenvalue weighted by molar-refractivity contribution is 0.154. The van der Waals surface area contributed by atoms with Crippen molar-refractivity contribution in [1.82, 2.24) is 9.55 Å². The molecule has 4 nitrogen and oxygen atoms in total. The minimum Gasteiger partial charge on any atom is -0.387 e. The van der Waals surface area contributed by atoms with Crippen molar-refractivity contribution in [3.63, 3.8) is 0 Å². The summed E-state index contributed by atoms with van der Waals surface area (Å²) in [6.07, 6.45) is 4.34. The first kappa shape index (κ1) is 13.5. The summed E-state index contributed by atoms with van der Waals surface area (Å²) in [6, 6.07) is 9.26. The van der Waals surface area contributed by atoms with Crippen molar-refractivity contribution in [1.29, 1.82) is 0 Å². The van der Waals surface area contributed by atoms with E-state index in [0.29, 0.717) is 0 Å². The van der Waals surface area contributed by atoms with Gasteiger partial charge < -0.3 is 5.11 Å². The fourth-order valence-electron chi connectivity index (χ4n) is 2.00. The van der Waals surface area contributed by atoms with Crippen molar-refractivity contribution in [3.05, 3.63) is 64.3 Å². The Labute approximate surface area is 112 Å². The predicted molar refractivity (Wildman–Crippen MR) is 73.9 cm³/mol. The predicted octanol–water partition coefficient (Wildman–Crippen LogP) is 1.93. The third kappa shape index (κ3) is 3.51. The zero-order chi connectivity index (χ0) is 13.7. The summed E-state index contributed by atoms with van der Waals surface area (Å²) in [6.45, 7) is 2.36. The second kappa shape index (κ2) is 6.29. The number of nitrogens with zero attached hydrogens (tertiary/aromatic N) is 2. The smallest absolute Gasteiger partial charge is 0.253 e. The summed E-state index contributed by atoms with van der Waals surface area (Å²) in [5.74, 6) is 0. The summed E-state index contributed by atoms with van der Waals surface area (Å²) >= 11 is 0. The van der Waals surface area contributed by atoms with Gasteiger partial charge in [0.2, 0.25) is 0 Å². The third-order valence-electron chi connectivity index (χ3n) is 3.07. The van der Waals surface area contributed by atoms with E-state index in [2.05, 4.69) is 11.9 Å². The maximum absolute atomic E-state index is 11.5. The van der Waals surface area contributed by atoms with Crippen LogP contribution in [0.1, 0.15) is 30.6 Å². The second-order valence-electron chi connectivity index (χ2n) is 4.58. The highest BCUT2D eigenvalue weighted by molar-refractivity contribution is 5.24. The average molecular weight is 258 g/mol. The van der Waals surface area contributed by atoms with Gasteiger partial charge in [-0.25, -0.2) is 4.98 Å². The van der Waals surface area contributed by atoms with E-state index < -0.39 is 6.10 Å². The molecule has 0 aliphatic rings. The standard InChI is InChI=1S/C15H18N2O2/c1-2-3-12-4-6-13(7-5-12)14(18)10-17-11-16-9-8-15(17)19/h4-9,11,14,18H,2-3,10H2,1H3. The lowest BCUT2D eigenvalue weighted by atomic mass is 10.0. The highest BCUT2D eigenvalue weighted by Crippen LogP contribution is 2.15. The van der Waals surface area contributed by atoms with E-state index >= 15 is 0 Å². The quantitative estimate of drug-likeness (QED) is 0.891. The highest BCUT2D eigenvalue weighted by atomic mass is 16.3. The van der Waals surface area contributed by atoms with Crippen LogP contribution in [0.15, 0.2) is 47.7 Å². The number of hydrogen-bond acceptors (Lipinski definition) is 3. The largest absolute Gasteiger partial charge is 0.387 e. The van der Waals surface area contributed by atoms with Crippen LogP contribution in [-0.2, 0) is 13.0 Å². The normalized spacial score (nSPS) is 12.3. The number of aryl methyl sites for hydroxylation is 1. The van der Waals surface area contributed by atoms with Gasteiger partial charge in [0, 0.05) is 12.3 Å². The van der Waals surface area contributed by atoms with Crippen LogP contribution in [0.5, 0.6) is 0 Å². The summed E-state index contributed by atoms with van der Waals surface area (Å²) in [5.41, 5.74) is 1.92. The molecule has 4 heteroatoms. The fourth-order valence-corrected chi connectivity index (χ4v) is 2.00. The Hall–Kier alpha value is -1.94. The van der Waals surface area contributed by atoms with E-state index in [1.165, 1.54) is 28.7 Å². The zero-order valence-corrected chi connectivity index (χ0v) is 11.0. The molecule has 1 unspecified atom stereocenters. The van der Waals surface area contributed by atoms with Gasteiger partial charge in [-0.15, -0.1) is 0 Å². The van der Waals surface area contributed by atoms with Gasteiger partial charge >= 0.3 is 0 Å². The van der Waals surface area contributed by atoms with E-state index in [0.717, 1.165) is 18.4 Å². The van der Waals surface area contributed by atoms with Crippen LogP contribution in [0.25, 0.3) is 0 Å². The molecule has 0 amide bonds. The molecule has 1 N–H and O–H groups in total. The first-order valence-corrected chi connectivity index (χ1v) is 6.48. The van der Waals surface area contributed by atoms with Crippen molar-refractivity contribution < 1.29 is 5.11 Å². The Morgan fingerprint density at radius 1 is 1.26 bits per heavy atom. The second-order valence-corrected chi connectivity index (χ2v) is 4.58. The van der Waals surface area contributed by atoms with E-state index in [-0.39, 0.29) is 12.1 Å².